The van der Waals surface area contributed by atoms with Crippen molar-refractivity contribution in [1.82, 2.24) is 0 Å². The van der Waals surface area contributed by atoms with Crippen LogP contribution >= 0.6 is 11.8 Å². The third-order valence-electron chi connectivity index (χ3n) is 11.2. The summed E-state index contributed by atoms with van der Waals surface area (Å²) in [7, 11) is 0. The molecule has 0 heterocycles. The first-order valence-electron chi connectivity index (χ1n) is 15.2. The number of hydrogen-bond donors (Lipinski definition) is 0. The Morgan fingerprint density at radius 3 is 1.03 bits per heavy atom. The van der Waals surface area contributed by atoms with Crippen molar-refractivity contribution in [2.24, 2.45) is 34.5 Å². The van der Waals surface area contributed by atoms with Crippen molar-refractivity contribution in [3.63, 3.8) is 0 Å². The van der Waals surface area contributed by atoms with Crippen LogP contribution in [0.3, 0.4) is 0 Å². The molecule has 0 spiro atoms. The van der Waals surface area contributed by atoms with Gasteiger partial charge < -0.3 is 0 Å². The molecule has 4 aliphatic carbocycles. The molecule has 0 amide bonds. The van der Waals surface area contributed by atoms with Gasteiger partial charge in [-0.1, -0.05) is 80.1 Å². The summed E-state index contributed by atoms with van der Waals surface area (Å²) < 4.78 is 1.25. The molecule has 1 heteroatoms. The summed E-state index contributed by atoms with van der Waals surface area (Å²) in [6, 6.07) is 0. The van der Waals surface area contributed by atoms with Crippen LogP contribution < -0.4 is 0 Å². The van der Waals surface area contributed by atoms with Crippen molar-refractivity contribution in [2.45, 2.75) is 167 Å². The second-order valence-corrected chi connectivity index (χ2v) is 17.0. The Morgan fingerprint density at radius 1 is 0.455 bits per heavy atom. The van der Waals surface area contributed by atoms with Crippen molar-refractivity contribution in [3.05, 3.63) is 0 Å². The van der Waals surface area contributed by atoms with Gasteiger partial charge in [0, 0.05) is 9.49 Å². The summed E-state index contributed by atoms with van der Waals surface area (Å²) in [5, 5.41) is 0. The van der Waals surface area contributed by atoms with Crippen LogP contribution in [0.15, 0.2) is 0 Å². The summed E-state index contributed by atoms with van der Waals surface area (Å²) >= 11 is 2.67. The second-order valence-electron chi connectivity index (χ2n) is 15.2. The first-order valence-corrected chi connectivity index (χ1v) is 16.1. The van der Waals surface area contributed by atoms with E-state index in [9.17, 15) is 0 Å². The van der Waals surface area contributed by atoms with E-state index in [0.29, 0.717) is 20.3 Å². The Morgan fingerprint density at radius 2 is 0.758 bits per heavy atom. The monoisotopic (exact) mass is 474 g/mol. The van der Waals surface area contributed by atoms with E-state index < -0.39 is 0 Å². The van der Waals surface area contributed by atoms with E-state index >= 15 is 0 Å². The Bertz CT molecular complexity index is 537. The largest absolute Gasteiger partial charge is 0.148 e. The molecular weight excluding hydrogens is 416 g/mol. The fourth-order valence-corrected chi connectivity index (χ4v) is 11.5. The zero-order valence-corrected chi connectivity index (χ0v) is 24.3. The van der Waals surface area contributed by atoms with Gasteiger partial charge in [0.05, 0.1) is 0 Å². The van der Waals surface area contributed by atoms with Crippen LogP contribution in [-0.2, 0) is 0 Å². The van der Waals surface area contributed by atoms with Crippen LogP contribution in [0.4, 0.5) is 0 Å². The zero-order chi connectivity index (χ0) is 23.7. The third kappa shape index (κ3) is 6.02. The van der Waals surface area contributed by atoms with Crippen molar-refractivity contribution >= 4 is 11.8 Å². The molecule has 0 aromatic carbocycles. The molecule has 0 unspecified atom stereocenters. The molecule has 0 N–H and O–H groups in total. The van der Waals surface area contributed by atoms with E-state index in [2.05, 4.69) is 53.3 Å². The minimum Gasteiger partial charge on any atom is -0.148 e. The summed E-state index contributed by atoms with van der Waals surface area (Å²) in [5.41, 5.74) is 1.02. The minimum absolute atomic E-state index is 0.508. The van der Waals surface area contributed by atoms with Crippen LogP contribution in [0.1, 0.15) is 157 Å². The lowest BCUT2D eigenvalue weighted by Gasteiger charge is -2.56. The van der Waals surface area contributed by atoms with Gasteiger partial charge >= 0.3 is 0 Å². The van der Waals surface area contributed by atoms with Gasteiger partial charge in [-0.25, -0.2) is 0 Å². The lowest BCUT2D eigenvalue weighted by Crippen LogP contribution is -2.48. The quantitative estimate of drug-likeness (QED) is 0.390. The molecule has 4 fully saturated rings. The van der Waals surface area contributed by atoms with Gasteiger partial charge in [-0.05, 0) is 112 Å². The molecule has 4 saturated carbocycles. The van der Waals surface area contributed by atoms with Gasteiger partial charge in [0.15, 0.2) is 0 Å². The van der Waals surface area contributed by atoms with Crippen LogP contribution in [-0.4, -0.2) is 9.49 Å². The maximum absolute atomic E-state index is 2.67. The maximum atomic E-state index is 2.67. The molecule has 192 valence electrons. The highest BCUT2D eigenvalue weighted by Crippen LogP contribution is 2.62. The van der Waals surface area contributed by atoms with Gasteiger partial charge in [0.1, 0.15) is 0 Å². The highest BCUT2D eigenvalue weighted by atomic mass is 32.2. The van der Waals surface area contributed by atoms with E-state index in [1.54, 1.807) is 25.7 Å². The van der Waals surface area contributed by atoms with Crippen LogP contribution in [0.25, 0.3) is 0 Å². The van der Waals surface area contributed by atoms with E-state index in [1.807, 2.05) is 0 Å². The summed E-state index contributed by atoms with van der Waals surface area (Å²) in [6.07, 6.45) is 27.4. The van der Waals surface area contributed by atoms with E-state index in [-0.39, 0.29) is 0 Å². The highest BCUT2D eigenvalue weighted by Gasteiger charge is 2.51. The highest BCUT2D eigenvalue weighted by molar-refractivity contribution is 8.02. The summed E-state index contributed by atoms with van der Waals surface area (Å²) in [4.78, 5) is 0. The average molecular weight is 475 g/mol. The van der Waals surface area contributed by atoms with E-state index in [4.69, 9.17) is 0 Å². The number of rotatable bonds is 4. The van der Waals surface area contributed by atoms with Crippen LogP contribution in [0.5, 0.6) is 0 Å². The van der Waals surface area contributed by atoms with E-state index in [0.717, 1.165) is 23.7 Å². The second kappa shape index (κ2) is 10.4. The smallest absolute Gasteiger partial charge is 0.0193 e. The summed E-state index contributed by atoms with van der Waals surface area (Å²) in [5.74, 6) is 3.92. The lowest BCUT2D eigenvalue weighted by atomic mass is 9.64. The fourth-order valence-electron chi connectivity index (χ4n) is 8.86. The molecule has 4 rings (SSSR count). The fraction of sp³-hybridized carbons (Fsp3) is 1.00. The average Bonchev–Trinajstić information content (AvgIpc) is 2.79. The molecule has 0 aromatic heterocycles. The van der Waals surface area contributed by atoms with Gasteiger partial charge in [-0.2, -0.15) is 0 Å². The molecule has 0 bridgehead atoms. The predicted octanol–water partition coefficient (Wildman–Crippen LogP) is 10.8. The van der Waals surface area contributed by atoms with Gasteiger partial charge in [0.25, 0.3) is 0 Å². The Hall–Kier alpha value is 0.350. The van der Waals surface area contributed by atoms with E-state index in [1.165, 1.54) is 89.9 Å². The topological polar surface area (TPSA) is 0 Å². The van der Waals surface area contributed by atoms with Gasteiger partial charge in [0.2, 0.25) is 0 Å². The number of thioether (sulfide) groups is 1. The first kappa shape index (κ1) is 26.4. The first-order chi connectivity index (χ1) is 15.5. The normalized spacial score (nSPS) is 35.8. The molecule has 0 atom stereocenters. The predicted molar refractivity (Wildman–Crippen MR) is 149 cm³/mol. The van der Waals surface area contributed by atoms with Crippen molar-refractivity contribution in [2.75, 3.05) is 0 Å². The maximum Gasteiger partial charge on any atom is 0.0193 e. The van der Waals surface area contributed by atoms with Crippen LogP contribution in [0, 0.1) is 34.5 Å². The van der Waals surface area contributed by atoms with Crippen molar-refractivity contribution in [1.29, 1.82) is 0 Å². The van der Waals surface area contributed by atoms with Crippen LogP contribution in [0.2, 0.25) is 0 Å². The minimum atomic E-state index is 0.508. The zero-order valence-electron chi connectivity index (χ0n) is 23.4. The Labute approximate surface area is 212 Å². The molecule has 0 nitrogen and oxygen atoms in total. The SMILES string of the molecule is CC(C)(C)C1CCC(C2(SC3(C4CCC(C(C)(C)C)CC4)CCCCC3)CCCCC2)CC1. The van der Waals surface area contributed by atoms with Crippen molar-refractivity contribution < 1.29 is 0 Å². The lowest BCUT2D eigenvalue weighted by molar-refractivity contribution is 0.112. The molecule has 4 aliphatic rings. The molecule has 0 aromatic rings. The van der Waals surface area contributed by atoms with Gasteiger partial charge in [-0.3, -0.25) is 0 Å². The Balaban J connectivity index is 1.52. The van der Waals surface area contributed by atoms with Crippen molar-refractivity contribution in [3.8, 4) is 0 Å². The molecule has 0 aliphatic heterocycles. The number of hydrogen-bond acceptors (Lipinski definition) is 1. The standard InChI is InChI=1S/C32H58S/c1-29(2,3)25-13-17-27(18-14-25)31(21-9-7-10-22-31)33-32(23-11-8-12-24-32)28-19-15-26(16-20-28)30(4,5)6/h25-28H,7-24H2,1-6H3. The Kier molecular flexibility index (Phi) is 8.31. The molecule has 0 saturated heterocycles. The van der Waals surface area contributed by atoms with Gasteiger partial charge in [-0.15, -0.1) is 11.8 Å². The molecule has 0 radical (unpaired) electrons. The summed E-state index contributed by atoms with van der Waals surface area (Å²) in [6.45, 7) is 15.0. The molecular formula is C32H58S. The third-order valence-corrected chi connectivity index (χ3v) is 13.5. The molecule has 33 heavy (non-hydrogen) atoms.